The first-order valence-corrected chi connectivity index (χ1v) is 10.8. The first-order valence-electron chi connectivity index (χ1n) is 10.8. The topological polar surface area (TPSA) is 88.2 Å². The molecule has 6 rings (SSSR count). The molecule has 4 fully saturated rings. The highest BCUT2D eigenvalue weighted by molar-refractivity contribution is 5.83. The second-order valence-electron chi connectivity index (χ2n) is 9.82. The van der Waals surface area contributed by atoms with E-state index in [-0.39, 0.29) is 17.9 Å². The molecule has 4 saturated carbocycles. The summed E-state index contributed by atoms with van der Waals surface area (Å²) < 4.78 is 5.34. The minimum Gasteiger partial charge on any atom is -0.390 e. The summed E-state index contributed by atoms with van der Waals surface area (Å²) in [6, 6.07) is 10.0. The Balaban J connectivity index is 1.26. The molecular formula is C23H29N3O3. The fraction of sp³-hybridized carbons (Fsp3) is 0.609. The zero-order valence-corrected chi connectivity index (χ0v) is 17.0. The van der Waals surface area contributed by atoms with E-state index < -0.39 is 11.0 Å². The minimum atomic E-state index is -0.667. The van der Waals surface area contributed by atoms with E-state index in [0.717, 1.165) is 44.1 Å². The maximum absolute atomic E-state index is 13.3. The maximum Gasteiger partial charge on any atom is 0.246 e. The van der Waals surface area contributed by atoms with Crippen LogP contribution in [-0.4, -0.2) is 26.8 Å². The Morgan fingerprint density at radius 3 is 2.79 bits per heavy atom. The lowest BCUT2D eigenvalue weighted by Crippen LogP contribution is -2.63. The molecule has 0 spiro atoms. The molecule has 1 aromatic heterocycles. The summed E-state index contributed by atoms with van der Waals surface area (Å²) >= 11 is 0. The number of nitrogens with zero attached hydrogens (tertiary/aromatic N) is 2. The Bertz CT molecular complexity index is 913. The van der Waals surface area contributed by atoms with Gasteiger partial charge in [0, 0.05) is 6.42 Å². The van der Waals surface area contributed by atoms with Crippen LogP contribution in [0.3, 0.4) is 0 Å². The van der Waals surface area contributed by atoms with Crippen molar-refractivity contribution in [3.8, 4) is 0 Å². The molecule has 4 aliphatic carbocycles. The van der Waals surface area contributed by atoms with Gasteiger partial charge in [0.25, 0.3) is 0 Å². The van der Waals surface area contributed by atoms with Crippen molar-refractivity contribution >= 4 is 5.91 Å². The molecule has 1 aromatic carbocycles. The van der Waals surface area contributed by atoms with Crippen molar-refractivity contribution in [3.63, 3.8) is 0 Å². The van der Waals surface area contributed by atoms with Gasteiger partial charge in [-0.15, -0.1) is 0 Å². The average molecular weight is 396 g/mol. The molecule has 4 unspecified atom stereocenters. The lowest BCUT2D eigenvalue weighted by molar-refractivity contribution is -0.204. The first-order chi connectivity index (χ1) is 13.9. The molecular weight excluding hydrogens is 366 g/mol. The zero-order valence-electron chi connectivity index (χ0n) is 17.0. The largest absolute Gasteiger partial charge is 0.390 e. The predicted octanol–water partition coefficient (Wildman–Crippen LogP) is 3.39. The van der Waals surface area contributed by atoms with Crippen LogP contribution in [0.15, 0.2) is 34.9 Å². The van der Waals surface area contributed by atoms with Crippen LogP contribution >= 0.6 is 0 Å². The van der Waals surface area contributed by atoms with Gasteiger partial charge in [0.1, 0.15) is 0 Å². The zero-order chi connectivity index (χ0) is 20.1. The van der Waals surface area contributed by atoms with E-state index in [9.17, 15) is 9.90 Å². The third kappa shape index (κ3) is 3.37. The Morgan fingerprint density at radius 1 is 1.21 bits per heavy atom. The van der Waals surface area contributed by atoms with Gasteiger partial charge in [0.05, 0.1) is 17.6 Å². The normalized spacial score (nSPS) is 35.0. The summed E-state index contributed by atoms with van der Waals surface area (Å²) in [5.74, 6) is 1.55. The summed E-state index contributed by atoms with van der Waals surface area (Å²) in [7, 11) is 0. The molecule has 1 amide bonds. The van der Waals surface area contributed by atoms with E-state index >= 15 is 0 Å². The van der Waals surface area contributed by atoms with Gasteiger partial charge in [-0.05, 0) is 55.4 Å². The number of rotatable bonds is 6. The fourth-order valence-electron chi connectivity index (χ4n) is 6.79. The molecule has 4 bridgehead atoms. The van der Waals surface area contributed by atoms with Crippen molar-refractivity contribution in [1.29, 1.82) is 0 Å². The monoisotopic (exact) mass is 395 g/mol. The van der Waals surface area contributed by atoms with Gasteiger partial charge in [-0.2, -0.15) is 4.98 Å². The number of carbonyl (C=O) groups is 1. The number of nitrogens with one attached hydrogen (secondary N) is 1. The van der Waals surface area contributed by atoms with Crippen LogP contribution in [0.5, 0.6) is 0 Å². The van der Waals surface area contributed by atoms with Crippen molar-refractivity contribution in [2.45, 2.75) is 70.4 Å². The van der Waals surface area contributed by atoms with Crippen molar-refractivity contribution in [3.05, 3.63) is 47.6 Å². The van der Waals surface area contributed by atoms with Crippen LogP contribution in [0.4, 0.5) is 0 Å². The Morgan fingerprint density at radius 2 is 2.03 bits per heavy atom. The number of hydrogen-bond donors (Lipinski definition) is 2. The van der Waals surface area contributed by atoms with E-state index in [0.29, 0.717) is 30.5 Å². The Kier molecular flexibility index (Phi) is 4.32. The van der Waals surface area contributed by atoms with Crippen molar-refractivity contribution in [2.24, 2.45) is 16.7 Å². The number of aliphatic hydroxyl groups is 1. The van der Waals surface area contributed by atoms with Crippen LogP contribution in [0.25, 0.3) is 0 Å². The highest BCUT2D eigenvalue weighted by Crippen LogP contribution is 2.67. The SMILES string of the molecule is CCC12CC3CC(O)(C1)CC(C(=O)NCc1nc(Cc4ccccc4)no1)(C3)C2. The quantitative estimate of drug-likeness (QED) is 0.783. The van der Waals surface area contributed by atoms with Crippen LogP contribution in [0, 0.1) is 16.7 Å². The highest BCUT2D eigenvalue weighted by Gasteiger charge is 2.64. The summed E-state index contributed by atoms with van der Waals surface area (Å²) in [4.78, 5) is 17.7. The Hall–Kier alpha value is -2.21. The lowest BCUT2D eigenvalue weighted by atomic mass is 9.42. The fourth-order valence-corrected chi connectivity index (χ4v) is 6.79. The summed E-state index contributed by atoms with van der Waals surface area (Å²) in [6.07, 6.45) is 6.89. The van der Waals surface area contributed by atoms with E-state index in [1.165, 1.54) is 0 Å². The van der Waals surface area contributed by atoms with Gasteiger partial charge < -0.3 is 14.9 Å². The molecule has 2 aromatic rings. The number of benzene rings is 1. The molecule has 0 radical (unpaired) electrons. The predicted molar refractivity (Wildman–Crippen MR) is 107 cm³/mol. The van der Waals surface area contributed by atoms with Crippen molar-refractivity contribution < 1.29 is 14.4 Å². The second-order valence-corrected chi connectivity index (χ2v) is 9.82. The van der Waals surface area contributed by atoms with Gasteiger partial charge >= 0.3 is 0 Å². The first kappa shape index (κ1) is 18.8. The third-order valence-electron chi connectivity index (χ3n) is 7.50. The van der Waals surface area contributed by atoms with Crippen LogP contribution in [-0.2, 0) is 17.8 Å². The molecule has 4 atom stereocenters. The van der Waals surface area contributed by atoms with E-state index in [1.807, 2.05) is 30.3 Å². The molecule has 29 heavy (non-hydrogen) atoms. The van der Waals surface area contributed by atoms with E-state index in [4.69, 9.17) is 4.52 Å². The van der Waals surface area contributed by atoms with E-state index in [2.05, 4.69) is 22.4 Å². The van der Waals surface area contributed by atoms with Gasteiger partial charge in [0.15, 0.2) is 5.82 Å². The molecule has 154 valence electrons. The number of aromatic nitrogens is 2. The summed E-state index contributed by atoms with van der Waals surface area (Å²) in [5, 5.41) is 18.2. The Labute approximate surface area is 171 Å². The third-order valence-corrected chi connectivity index (χ3v) is 7.50. The molecule has 0 saturated heterocycles. The summed E-state index contributed by atoms with van der Waals surface area (Å²) in [6.45, 7) is 2.44. The van der Waals surface area contributed by atoms with Crippen molar-refractivity contribution in [1.82, 2.24) is 15.5 Å². The van der Waals surface area contributed by atoms with Crippen LogP contribution in [0.2, 0.25) is 0 Å². The molecule has 6 heteroatoms. The molecule has 2 N–H and O–H groups in total. The standard InChI is InChI=1S/C23H29N3O3/c1-2-21-9-17-10-22(13-21,15-23(28,11-17)14-21)20(27)24-12-19-25-18(26-29-19)8-16-6-4-3-5-7-16/h3-7,17,28H,2,8-15H2,1H3,(H,24,27). The smallest absolute Gasteiger partial charge is 0.246 e. The minimum absolute atomic E-state index is 0.0423. The van der Waals surface area contributed by atoms with Crippen LogP contribution in [0.1, 0.15) is 69.1 Å². The molecule has 6 nitrogen and oxygen atoms in total. The highest BCUT2D eigenvalue weighted by atomic mass is 16.5. The number of hydrogen-bond acceptors (Lipinski definition) is 5. The van der Waals surface area contributed by atoms with Gasteiger partial charge in [0.2, 0.25) is 11.8 Å². The molecule has 1 heterocycles. The van der Waals surface area contributed by atoms with Gasteiger partial charge in [-0.25, -0.2) is 0 Å². The second kappa shape index (κ2) is 6.66. The maximum atomic E-state index is 13.3. The van der Waals surface area contributed by atoms with Gasteiger partial charge in [-0.3, -0.25) is 4.79 Å². The van der Waals surface area contributed by atoms with Gasteiger partial charge in [-0.1, -0.05) is 48.8 Å². The number of carbonyl (C=O) groups excluding carboxylic acids is 1. The summed E-state index contributed by atoms with van der Waals surface area (Å²) in [5.41, 5.74) is 0.131. The average Bonchev–Trinajstić information content (AvgIpc) is 3.12. The lowest BCUT2D eigenvalue weighted by Gasteiger charge is -2.64. The van der Waals surface area contributed by atoms with Crippen molar-refractivity contribution in [2.75, 3.05) is 0 Å². The van der Waals surface area contributed by atoms with E-state index in [1.54, 1.807) is 0 Å². The number of amides is 1. The molecule has 4 aliphatic rings. The molecule has 0 aliphatic heterocycles. The van der Waals surface area contributed by atoms with Crippen LogP contribution < -0.4 is 5.32 Å².